The van der Waals surface area contributed by atoms with Crippen LogP contribution in [0.3, 0.4) is 0 Å². The highest BCUT2D eigenvalue weighted by Gasteiger charge is 2.18. The predicted molar refractivity (Wildman–Crippen MR) is 85.3 cm³/mol. The standard InChI is InChI=1S/C15H10Cl3FN2/c1-8(16)15-20-12-7-10(19)3-5-13(12)21(15)14-6-9(17)2-4-11(14)18/h2-8H,1H3. The number of halogens is 4. The molecule has 0 saturated heterocycles. The largest absolute Gasteiger partial charge is 0.293 e. The molecule has 21 heavy (non-hydrogen) atoms. The zero-order valence-electron chi connectivity index (χ0n) is 10.9. The van der Waals surface area contributed by atoms with Crippen LogP contribution in [0.5, 0.6) is 0 Å². The Balaban J connectivity index is 2.39. The molecule has 0 aliphatic rings. The molecule has 1 aromatic heterocycles. The number of hydrogen-bond acceptors (Lipinski definition) is 1. The second-order valence-electron chi connectivity index (χ2n) is 4.65. The molecule has 3 aromatic rings. The monoisotopic (exact) mass is 342 g/mol. The van der Waals surface area contributed by atoms with Gasteiger partial charge in [0.05, 0.1) is 27.1 Å². The predicted octanol–water partition coefficient (Wildman–Crippen LogP) is 5.77. The molecule has 0 fully saturated rings. The van der Waals surface area contributed by atoms with Crippen LogP contribution >= 0.6 is 34.8 Å². The summed E-state index contributed by atoms with van der Waals surface area (Å²) in [5.74, 6) is 0.236. The second kappa shape index (κ2) is 5.48. The Morgan fingerprint density at radius 3 is 2.62 bits per heavy atom. The van der Waals surface area contributed by atoms with Crippen LogP contribution in [-0.4, -0.2) is 9.55 Å². The average Bonchev–Trinajstić information content (AvgIpc) is 2.80. The Morgan fingerprint density at radius 2 is 1.90 bits per heavy atom. The molecule has 2 nitrogen and oxygen atoms in total. The molecule has 0 N–H and O–H groups in total. The van der Waals surface area contributed by atoms with Gasteiger partial charge >= 0.3 is 0 Å². The van der Waals surface area contributed by atoms with Crippen LogP contribution in [0.1, 0.15) is 18.1 Å². The third-order valence-electron chi connectivity index (χ3n) is 3.15. The maximum Gasteiger partial charge on any atom is 0.132 e. The lowest BCUT2D eigenvalue weighted by molar-refractivity contribution is 0.629. The van der Waals surface area contributed by atoms with E-state index >= 15 is 0 Å². The minimum Gasteiger partial charge on any atom is -0.293 e. The van der Waals surface area contributed by atoms with Gasteiger partial charge in [-0.05, 0) is 37.3 Å². The van der Waals surface area contributed by atoms with Crippen LogP contribution in [-0.2, 0) is 0 Å². The van der Waals surface area contributed by atoms with Crippen molar-refractivity contribution in [3.63, 3.8) is 0 Å². The molecule has 0 radical (unpaired) electrons. The average molecular weight is 344 g/mol. The molecule has 2 aromatic carbocycles. The van der Waals surface area contributed by atoms with Gasteiger partial charge < -0.3 is 0 Å². The van der Waals surface area contributed by atoms with Gasteiger partial charge in [0.2, 0.25) is 0 Å². The fourth-order valence-electron chi connectivity index (χ4n) is 2.25. The maximum atomic E-state index is 13.4. The molecule has 1 unspecified atom stereocenters. The van der Waals surface area contributed by atoms with Crippen molar-refractivity contribution >= 4 is 45.8 Å². The third kappa shape index (κ3) is 2.61. The van der Waals surface area contributed by atoms with Crippen LogP contribution in [0, 0.1) is 5.82 Å². The zero-order chi connectivity index (χ0) is 15.1. The Labute approximate surface area is 136 Å². The van der Waals surface area contributed by atoms with Crippen molar-refractivity contribution in [2.24, 2.45) is 0 Å². The minimum absolute atomic E-state index is 0.349. The van der Waals surface area contributed by atoms with Crippen molar-refractivity contribution in [1.82, 2.24) is 9.55 Å². The van der Waals surface area contributed by atoms with E-state index in [1.807, 2.05) is 0 Å². The highest BCUT2D eigenvalue weighted by Crippen LogP contribution is 2.33. The van der Waals surface area contributed by atoms with Crippen LogP contribution in [0.15, 0.2) is 36.4 Å². The van der Waals surface area contributed by atoms with Gasteiger partial charge in [-0.15, -0.1) is 11.6 Å². The second-order valence-corrected chi connectivity index (χ2v) is 6.15. The van der Waals surface area contributed by atoms with E-state index in [1.54, 1.807) is 35.8 Å². The number of nitrogens with zero attached hydrogens (tertiary/aromatic N) is 2. The molecule has 108 valence electrons. The first kappa shape index (κ1) is 14.6. The molecule has 0 bridgehead atoms. The lowest BCUT2D eigenvalue weighted by Crippen LogP contribution is -2.02. The molecule has 0 aliphatic heterocycles. The summed E-state index contributed by atoms with van der Waals surface area (Å²) in [7, 11) is 0. The molecule has 0 aliphatic carbocycles. The van der Waals surface area contributed by atoms with Crippen molar-refractivity contribution in [2.75, 3.05) is 0 Å². The first-order chi connectivity index (χ1) is 9.97. The molecule has 3 rings (SSSR count). The van der Waals surface area contributed by atoms with Crippen LogP contribution in [0.2, 0.25) is 10.0 Å². The highest BCUT2D eigenvalue weighted by atomic mass is 35.5. The number of rotatable bonds is 2. The highest BCUT2D eigenvalue weighted by molar-refractivity contribution is 6.34. The number of fused-ring (bicyclic) bond motifs is 1. The maximum absolute atomic E-state index is 13.4. The summed E-state index contributed by atoms with van der Waals surface area (Å²) in [4.78, 5) is 4.41. The van der Waals surface area contributed by atoms with E-state index in [9.17, 15) is 4.39 Å². The van der Waals surface area contributed by atoms with E-state index in [0.717, 1.165) is 5.52 Å². The summed E-state index contributed by atoms with van der Waals surface area (Å²) in [6, 6.07) is 9.54. The smallest absolute Gasteiger partial charge is 0.132 e. The molecular weight excluding hydrogens is 334 g/mol. The SMILES string of the molecule is CC(Cl)c1nc2cc(F)ccc2n1-c1cc(Cl)ccc1Cl. The van der Waals surface area contributed by atoms with Crippen molar-refractivity contribution in [3.05, 3.63) is 58.1 Å². The Morgan fingerprint density at radius 1 is 1.14 bits per heavy atom. The van der Waals surface area contributed by atoms with Gasteiger partial charge in [-0.1, -0.05) is 23.2 Å². The Kier molecular flexibility index (Phi) is 3.82. The minimum atomic E-state index is -0.365. The summed E-state index contributed by atoms with van der Waals surface area (Å²) < 4.78 is 15.2. The molecule has 0 spiro atoms. The van der Waals surface area contributed by atoms with Gasteiger partial charge in [0.25, 0.3) is 0 Å². The number of aromatic nitrogens is 2. The van der Waals surface area contributed by atoms with Gasteiger partial charge in [-0.2, -0.15) is 0 Å². The van der Waals surface area contributed by atoms with Crippen molar-refractivity contribution in [1.29, 1.82) is 0 Å². The molecular formula is C15H10Cl3FN2. The van der Waals surface area contributed by atoms with Gasteiger partial charge in [-0.25, -0.2) is 9.37 Å². The van der Waals surface area contributed by atoms with E-state index in [-0.39, 0.29) is 11.2 Å². The van der Waals surface area contributed by atoms with E-state index in [1.165, 1.54) is 12.1 Å². The zero-order valence-corrected chi connectivity index (χ0v) is 13.2. The van der Waals surface area contributed by atoms with Crippen LogP contribution in [0.25, 0.3) is 16.7 Å². The fraction of sp³-hybridized carbons (Fsp3) is 0.133. The fourth-order valence-corrected chi connectivity index (χ4v) is 2.76. The quantitative estimate of drug-likeness (QED) is 0.540. The lowest BCUT2D eigenvalue weighted by atomic mass is 10.2. The van der Waals surface area contributed by atoms with Crippen molar-refractivity contribution in [3.8, 4) is 5.69 Å². The summed E-state index contributed by atoms with van der Waals surface area (Å²) in [5.41, 5.74) is 1.91. The summed E-state index contributed by atoms with van der Waals surface area (Å²) in [6.45, 7) is 1.80. The normalized spacial score (nSPS) is 12.8. The van der Waals surface area contributed by atoms with Gasteiger partial charge in [0.1, 0.15) is 11.6 Å². The van der Waals surface area contributed by atoms with Crippen LogP contribution < -0.4 is 0 Å². The summed E-state index contributed by atoms with van der Waals surface area (Å²) in [6.07, 6.45) is 0. The number of hydrogen-bond donors (Lipinski definition) is 0. The Bertz CT molecular complexity index is 827. The first-order valence-electron chi connectivity index (χ1n) is 6.25. The lowest BCUT2D eigenvalue weighted by Gasteiger charge is -2.12. The van der Waals surface area contributed by atoms with E-state index in [0.29, 0.717) is 27.1 Å². The van der Waals surface area contributed by atoms with Crippen molar-refractivity contribution in [2.45, 2.75) is 12.3 Å². The van der Waals surface area contributed by atoms with E-state index < -0.39 is 0 Å². The molecule has 0 amide bonds. The molecule has 1 atom stereocenters. The number of alkyl halides is 1. The van der Waals surface area contributed by atoms with Gasteiger partial charge in [0, 0.05) is 11.1 Å². The number of imidazole rings is 1. The molecule has 6 heteroatoms. The molecule has 1 heterocycles. The van der Waals surface area contributed by atoms with Gasteiger partial charge in [0.15, 0.2) is 0 Å². The Hall–Kier alpha value is -1.29. The van der Waals surface area contributed by atoms with Gasteiger partial charge in [-0.3, -0.25) is 4.57 Å². The van der Waals surface area contributed by atoms with Crippen LogP contribution in [0.4, 0.5) is 4.39 Å². The summed E-state index contributed by atoms with van der Waals surface area (Å²) in [5, 5.41) is 0.698. The topological polar surface area (TPSA) is 17.8 Å². The number of benzene rings is 2. The molecule has 0 saturated carbocycles. The first-order valence-corrected chi connectivity index (χ1v) is 7.44. The van der Waals surface area contributed by atoms with Crippen molar-refractivity contribution < 1.29 is 4.39 Å². The van der Waals surface area contributed by atoms with E-state index in [4.69, 9.17) is 34.8 Å². The van der Waals surface area contributed by atoms with E-state index in [2.05, 4.69) is 4.98 Å². The summed E-state index contributed by atoms with van der Waals surface area (Å²) >= 11 is 18.5. The third-order valence-corrected chi connectivity index (χ3v) is 3.90.